The molecule has 0 aliphatic heterocycles. The fourth-order valence-electron chi connectivity index (χ4n) is 1.62. The SMILES string of the molecule is Cc1ncccc1-c1ocnc1CN(C)C. The molecule has 0 aliphatic carbocycles. The van der Waals surface area contributed by atoms with E-state index in [0.29, 0.717) is 0 Å². The van der Waals surface area contributed by atoms with Crippen LogP contribution in [0, 0.1) is 6.92 Å². The molecule has 0 spiro atoms. The molecule has 0 fully saturated rings. The normalized spacial score (nSPS) is 11.0. The number of hydrogen-bond acceptors (Lipinski definition) is 4. The van der Waals surface area contributed by atoms with Crippen LogP contribution in [0.4, 0.5) is 0 Å². The Kier molecular flexibility index (Phi) is 3.01. The van der Waals surface area contributed by atoms with E-state index in [1.807, 2.05) is 33.2 Å². The third kappa shape index (κ3) is 2.12. The Balaban J connectivity index is 2.41. The molecule has 2 rings (SSSR count). The summed E-state index contributed by atoms with van der Waals surface area (Å²) >= 11 is 0. The van der Waals surface area contributed by atoms with Crippen LogP contribution in [0.25, 0.3) is 11.3 Å². The van der Waals surface area contributed by atoms with Crippen LogP contribution in [0.15, 0.2) is 29.1 Å². The molecule has 4 nitrogen and oxygen atoms in total. The lowest BCUT2D eigenvalue weighted by Crippen LogP contribution is -2.11. The minimum Gasteiger partial charge on any atom is -0.443 e. The summed E-state index contributed by atoms with van der Waals surface area (Å²) in [4.78, 5) is 10.6. The van der Waals surface area contributed by atoms with Crippen LogP contribution in [0.3, 0.4) is 0 Å². The summed E-state index contributed by atoms with van der Waals surface area (Å²) < 4.78 is 5.45. The monoisotopic (exact) mass is 217 g/mol. The Hall–Kier alpha value is -1.68. The van der Waals surface area contributed by atoms with Crippen molar-refractivity contribution in [2.75, 3.05) is 14.1 Å². The summed E-state index contributed by atoms with van der Waals surface area (Å²) in [5.41, 5.74) is 2.91. The van der Waals surface area contributed by atoms with Crippen molar-refractivity contribution in [3.05, 3.63) is 36.1 Å². The molecule has 16 heavy (non-hydrogen) atoms. The Morgan fingerprint density at radius 1 is 1.31 bits per heavy atom. The second-order valence-corrected chi connectivity index (χ2v) is 4.00. The zero-order valence-electron chi connectivity index (χ0n) is 9.77. The van der Waals surface area contributed by atoms with Crippen molar-refractivity contribution in [1.82, 2.24) is 14.9 Å². The van der Waals surface area contributed by atoms with Gasteiger partial charge in [-0.2, -0.15) is 0 Å². The van der Waals surface area contributed by atoms with E-state index in [0.717, 1.165) is 29.3 Å². The van der Waals surface area contributed by atoms with Crippen molar-refractivity contribution >= 4 is 0 Å². The number of aromatic nitrogens is 2. The lowest BCUT2D eigenvalue weighted by Gasteiger charge is -2.08. The molecule has 0 aromatic carbocycles. The average Bonchev–Trinajstić information content (AvgIpc) is 2.66. The Morgan fingerprint density at radius 3 is 2.81 bits per heavy atom. The molecule has 4 heteroatoms. The molecule has 0 saturated heterocycles. The number of oxazole rings is 1. The van der Waals surface area contributed by atoms with Crippen LogP contribution in [-0.4, -0.2) is 29.0 Å². The summed E-state index contributed by atoms with van der Waals surface area (Å²) in [6, 6.07) is 3.91. The van der Waals surface area contributed by atoms with Gasteiger partial charge in [-0.15, -0.1) is 0 Å². The van der Waals surface area contributed by atoms with Crippen molar-refractivity contribution in [3.8, 4) is 11.3 Å². The molecular formula is C12H15N3O. The molecule has 0 amide bonds. The molecule has 0 bridgehead atoms. The summed E-state index contributed by atoms with van der Waals surface area (Å²) in [6.45, 7) is 2.73. The smallest absolute Gasteiger partial charge is 0.181 e. The first-order valence-electron chi connectivity index (χ1n) is 5.17. The maximum Gasteiger partial charge on any atom is 0.181 e. The fraction of sp³-hybridized carbons (Fsp3) is 0.333. The standard InChI is InChI=1S/C12H15N3O/c1-9-10(5-4-6-13-9)12-11(7-15(2)3)14-8-16-12/h4-6,8H,7H2,1-3H3. The Labute approximate surface area is 94.9 Å². The number of nitrogens with zero attached hydrogens (tertiary/aromatic N) is 3. The first-order chi connectivity index (χ1) is 7.68. The molecule has 0 atom stereocenters. The van der Waals surface area contributed by atoms with Gasteiger partial charge in [-0.05, 0) is 33.2 Å². The highest BCUT2D eigenvalue weighted by molar-refractivity contribution is 5.61. The van der Waals surface area contributed by atoms with E-state index in [1.54, 1.807) is 6.20 Å². The van der Waals surface area contributed by atoms with Crippen molar-refractivity contribution in [2.24, 2.45) is 0 Å². The van der Waals surface area contributed by atoms with Gasteiger partial charge in [0, 0.05) is 24.0 Å². The zero-order valence-corrected chi connectivity index (χ0v) is 9.77. The van der Waals surface area contributed by atoms with E-state index in [1.165, 1.54) is 6.39 Å². The van der Waals surface area contributed by atoms with Gasteiger partial charge in [-0.1, -0.05) is 0 Å². The molecule has 0 unspecified atom stereocenters. The maximum atomic E-state index is 5.45. The number of hydrogen-bond donors (Lipinski definition) is 0. The summed E-state index contributed by atoms with van der Waals surface area (Å²) in [5, 5.41) is 0. The van der Waals surface area contributed by atoms with E-state index in [-0.39, 0.29) is 0 Å². The van der Waals surface area contributed by atoms with Gasteiger partial charge in [-0.25, -0.2) is 4.98 Å². The molecule has 0 saturated carbocycles. The summed E-state index contributed by atoms with van der Waals surface area (Å²) in [5.74, 6) is 0.819. The van der Waals surface area contributed by atoms with Crippen LogP contribution in [0.2, 0.25) is 0 Å². The average molecular weight is 217 g/mol. The highest BCUT2D eigenvalue weighted by Crippen LogP contribution is 2.25. The molecule has 84 valence electrons. The number of rotatable bonds is 3. The first-order valence-corrected chi connectivity index (χ1v) is 5.17. The zero-order chi connectivity index (χ0) is 11.5. The van der Waals surface area contributed by atoms with E-state index < -0.39 is 0 Å². The second kappa shape index (κ2) is 4.45. The molecule has 0 N–H and O–H groups in total. The van der Waals surface area contributed by atoms with Gasteiger partial charge in [0.1, 0.15) is 5.69 Å². The van der Waals surface area contributed by atoms with Crippen molar-refractivity contribution in [1.29, 1.82) is 0 Å². The van der Waals surface area contributed by atoms with E-state index in [9.17, 15) is 0 Å². The minimum atomic E-state index is 0.764. The van der Waals surface area contributed by atoms with Gasteiger partial charge in [0.25, 0.3) is 0 Å². The van der Waals surface area contributed by atoms with E-state index in [2.05, 4.69) is 14.9 Å². The third-order valence-corrected chi connectivity index (χ3v) is 2.36. The van der Waals surface area contributed by atoms with Crippen LogP contribution in [0.1, 0.15) is 11.4 Å². The highest BCUT2D eigenvalue weighted by Gasteiger charge is 2.13. The highest BCUT2D eigenvalue weighted by atomic mass is 16.3. The largest absolute Gasteiger partial charge is 0.443 e. The Morgan fingerprint density at radius 2 is 2.12 bits per heavy atom. The van der Waals surface area contributed by atoms with Crippen LogP contribution >= 0.6 is 0 Å². The lowest BCUT2D eigenvalue weighted by atomic mass is 10.1. The van der Waals surface area contributed by atoms with Crippen molar-refractivity contribution in [3.63, 3.8) is 0 Å². The van der Waals surface area contributed by atoms with E-state index in [4.69, 9.17) is 4.42 Å². The Bertz CT molecular complexity index is 477. The van der Waals surface area contributed by atoms with Crippen molar-refractivity contribution in [2.45, 2.75) is 13.5 Å². The van der Waals surface area contributed by atoms with Gasteiger partial charge >= 0.3 is 0 Å². The molecule has 2 heterocycles. The summed E-state index contributed by atoms with van der Waals surface area (Å²) in [7, 11) is 4.02. The maximum absolute atomic E-state index is 5.45. The molecule has 2 aromatic heterocycles. The van der Waals surface area contributed by atoms with Crippen molar-refractivity contribution < 1.29 is 4.42 Å². The van der Waals surface area contributed by atoms with Crippen LogP contribution < -0.4 is 0 Å². The minimum absolute atomic E-state index is 0.764. The van der Waals surface area contributed by atoms with Gasteiger partial charge < -0.3 is 9.32 Å². The number of aryl methyl sites for hydroxylation is 1. The van der Waals surface area contributed by atoms with Gasteiger partial charge in [-0.3, -0.25) is 4.98 Å². The predicted octanol–water partition coefficient (Wildman–Crippen LogP) is 2.11. The van der Waals surface area contributed by atoms with E-state index >= 15 is 0 Å². The fourth-order valence-corrected chi connectivity index (χ4v) is 1.62. The van der Waals surface area contributed by atoms with Gasteiger partial charge in [0.2, 0.25) is 0 Å². The second-order valence-electron chi connectivity index (χ2n) is 4.00. The molecule has 0 aliphatic rings. The molecule has 0 radical (unpaired) electrons. The van der Waals surface area contributed by atoms with Gasteiger partial charge in [0.15, 0.2) is 12.2 Å². The topological polar surface area (TPSA) is 42.2 Å². The first kappa shape index (κ1) is 10.8. The quantitative estimate of drug-likeness (QED) is 0.789. The van der Waals surface area contributed by atoms with Gasteiger partial charge in [0.05, 0.1) is 0 Å². The molecular weight excluding hydrogens is 202 g/mol. The molecule has 2 aromatic rings. The third-order valence-electron chi connectivity index (χ3n) is 2.36. The van der Waals surface area contributed by atoms with Crippen LogP contribution in [0.5, 0.6) is 0 Å². The number of pyridine rings is 1. The predicted molar refractivity (Wildman–Crippen MR) is 61.9 cm³/mol. The van der Waals surface area contributed by atoms with Crippen LogP contribution in [-0.2, 0) is 6.54 Å². The lowest BCUT2D eigenvalue weighted by molar-refractivity contribution is 0.397. The summed E-state index contributed by atoms with van der Waals surface area (Å²) in [6.07, 6.45) is 3.27.